The van der Waals surface area contributed by atoms with Gasteiger partial charge in [-0.2, -0.15) is 0 Å². The number of hydrogen-bond acceptors (Lipinski definition) is 2. The smallest absolute Gasteiger partial charge is 0.310 e. The van der Waals surface area contributed by atoms with Gasteiger partial charge in [-0.25, -0.2) is 0 Å². The Morgan fingerprint density at radius 2 is 2.06 bits per heavy atom. The Kier molecular flexibility index (Phi) is 9.50. The highest BCUT2D eigenvalue weighted by Gasteiger charge is 2.01. The average molecular weight is 222 g/mol. The Hall–Kier alpha value is -1.23. The topological polar surface area (TPSA) is 26.3 Å². The zero-order valence-corrected chi connectivity index (χ0v) is 10.6. The van der Waals surface area contributed by atoms with E-state index in [2.05, 4.69) is 23.5 Å². The van der Waals surface area contributed by atoms with Crippen LogP contribution >= 0.6 is 0 Å². The van der Waals surface area contributed by atoms with E-state index in [0.29, 0.717) is 0 Å². The van der Waals surface area contributed by atoms with Crippen molar-refractivity contribution in [2.75, 3.05) is 7.11 Å². The van der Waals surface area contributed by atoms with E-state index in [-0.39, 0.29) is 12.4 Å². The number of carbonyl (C=O) groups excluding carboxylic acids is 1. The van der Waals surface area contributed by atoms with Crippen molar-refractivity contribution in [2.45, 2.75) is 52.4 Å². The van der Waals surface area contributed by atoms with Crippen molar-refractivity contribution in [3.63, 3.8) is 0 Å². The average Bonchev–Trinajstić information content (AvgIpc) is 2.31. The summed E-state index contributed by atoms with van der Waals surface area (Å²) in [5.41, 5.74) is 0.849. The summed E-state index contributed by atoms with van der Waals surface area (Å²) in [4.78, 5) is 11.0. The maximum atomic E-state index is 11.0. The largest absolute Gasteiger partial charge is 0.469 e. The van der Waals surface area contributed by atoms with Gasteiger partial charge in [0.15, 0.2) is 0 Å². The predicted molar refractivity (Wildman–Crippen MR) is 66.9 cm³/mol. The first-order valence-corrected chi connectivity index (χ1v) is 5.95. The molecule has 0 saturated heterocycles. The van der Waals surface area contributed by atoms with Gasteiger partial charge in [0, 0.05) is 12.0 Å². The van der Waals surface area contributed by atoms with Gasteiger partial charge in [0.2, 0.25) is 0 Å². The summed E-state index contributed by atoms with van der Waals surface area (Å²) in [6.45, 7) is 4.09. The summed E-state index contributed by atoms with van der Waals surface area (Å²) in [6.07, 6.45) is 7.99. The lowest BCUT2D eigenvalue weighted by molar-refractivity contribution is -0.139. The van der Waals surface area contributed by atoms with Crippen LogP contribution in [0.25, 0.3) is 0 Å². The van der Waals surface area contributed by atoms with Crippen molar-refractivity contribution in [3.05, 3.63) is 11.6 Å². The molecule has 0 aliphatic heterocycles. The molecule has 0 N–H and O–H groups in total. The fourth-order valence-corrected chi connectivity index (χ4v) is 1.26. The molecule has 0 bridgehead atoms. The summed E-state index contributed by atoms with van der Waals surface area (Å²) in [5, 5.41) is 0. The molecule has 90 valence electrons. The van der Waals surface area contributed by atoms with Crippen molar-refractivity contribution in [2.24, 2.45) is 0 Å². The van der Waals surface area contributed by atoms with Crippen molar-refractivity contribution in [3.8, 4) is 11.8 Å². The van der Waals surface area contributed by atoms with Crippen LogP contribution in [-0.4, -0.2) is 13.1 Å². The molecule has 0 aromatic heterocycles. The minimum Gasteiger partial charge on any atom is -0.469 e. The zero-order valence-electron chi connectivity index (χ0n) is 10.6. The second-order valence-corrected chi connectivity index (χ2v) is 3.68. The summed E-state index contributed by atoms with van der Waals surface area (Å²) in [6, 6.07) is 0. The number of carbonyl (C=O) groups is 1. The number of esters is 1. The SMILES string of the molecule is C/C=C(/C#CCCCCCC)CC(=O)OC. The normalized spacial score (nSPS) is 10.6. The predicted octanol–water partition coefficient (Wildman–Crippen LogP) is 3.47. The van der Waals surface area contributed by atoms with Gasteiger partial charge in [0.1, 0.15) is 0 Å². The minimum atomic E-state index is -0.228. The Morgan fingerprint density at radius 1 is 1.31 bits per heavy atom. The van der Waals surface area contributed by atoms with Crippen LogP contribution in [0, 0.1) is 11.8 Å². The van der Waals surface area contributed by atoms with Crippen LogP contribution in [0.15, 0.2) is 11.6 Å². The van der Waals surface area contributed by atoms with E-state index >= 15 is 0 Å². The van der Waals surface area contributed by atoms with Gasteiger partial charge in [0.05, 0.1) is 13.5 Å². The molecule has 16 heavy (non-hydrogen) atoms. The molecule has 0 radical (unpaired) electrons. The third-order valence-electron chi connectivity index (χ3n) is 2.32. The molecule has 0 saturated carbocycles. The van der Waals surface area contributed by atoms with E-state index in [1.807, 2.05) is 13.0 Å². The first kappa shape index (κ1) is 14.8. The van der Waals surface area contributed by atoms with E-state index < -0.39 is 0 Å². The molecule has 0 fully saturated rings. The summed E-state index contributed by atoms with van der Waals surface area (Å²) < 4.78 is 4.59. The standard InChI is InChI=1S/C14H22O2/c1-4-6-7-8-9-10-11-13(5-2)12-14(15)16-3/h5H,4,6-9,12H2,1-3H3/b13-5-. The molecule has 0 aliphatic carbocycles. The molecule has 0 heterocycles. The highest BCUT2D eigenvalue weighted by atomic mass is 16.5. The van der Waals surface area contributed by atoms with Crippen LogP contribution in [0.4, 0.5) is 0 Å². The van der Waals surface area contributed by atoms with Crippen LogP contribution in [0.1, 0.15) is 52.4 Å². The van der Waals surface area contributed by atoms with Crippen LogP contribution in [-0.2, 0) is 9.53 Å². The Labute approximate surface area is 99.1 Å². The van der Waals surface area contributed by atoms with Gasteiger partial charge in [-0.1, -0.05) is 44.1 Å². The number of unbranched alkanes of at least 4 members (excludes halogenated alkanes) is 4. The van der Waals surface area contributed by atoms with Gasteiger partial charge >= 0.3 is 5.97 Å². The molecule has 0 atom stereocenters. The molecule has 0 spiro atoms. The van der Waals surface area contributed by atoms with Crippen molar-refractivity contribution >= 4 is 5.97 Å². The molecule has 0 aromatic rings. The maximum Gasteiger partial charge on any atom is 0.310 e. The molecular formula is C14H22O2. The lowest BCUT2D eigenvalue weighted by Gasteiger charge is -1.97. The molecule has 0 aromatic carbocycles. The van der Waals surface area contributed by atoms with Crippen LogP contribution in [0.3, 0.4) is 0 Å². The third kappa shape index (κ3) is 8.11. The van der Waals surface area contributed by atoms with Crippen molar-refractivity contribution in [1.82, 2.24) is 0 Å². The number of allylic oxidation sites excluding steroid dienone is 1. The number of hydrogen-bond donors (Lipinski definition) is 0. The highest BCUT2D eigenvalue weighted by molar-refractivity contribution is 5.73. The van der Waals surface area contributed by atoms with E-state index in [1.54, 1.807) is 0 Å². The zero-order chi connectivity index (χ0) is 12.2. The monoisotopic (exact) mass is 222 g/mol. The molecule has 0 unspecified atom stereocenters. The van der Waals surface area contributed by atoms with Crippen LogP contribution in [0.2, 0.25) is 0 Å². The van der Waals surface area contributed by atoms with E-state index in [1.165, 1.54) is 26.4 Å². The Bertz CT molecular complexity index is 279. The summed E-state index contributed by atoms with van der Waals surface area (Å²) in [7, 11) is 1.40. The van der Waals surface area contributed by atoms with Crippen LogP contribution < -0.4 is 0 Å². The molecule has 2 nitrogen and oxygen atoms in total. The minimum absolute atomic E-state index is 0.228. The molecule has 0 rings (SSSR count). The second-order valence-electron chi connectivity index (χ2n) is 3.68. The maximum absolute atomic E-state index is 11.0. The lowest BCUT2D eigenvalue weighted by Crippen LogP contribution is -2.00. The van der Waals surface area contributed by atoms with Gasteiger partial charge in [-0.05, 0) is 13.3 Å². The van der Waals surface area contributed by atoms with Crippen molar-refractivity contribution in [1.29, 1.82) is 0 Å². The molecule has 2 heteroatoms. The Morgan fingerprint density at radius 3 is 2.62 bits per heavy atom. The van der Waals surface area contributed by atoms with Crippen molar-refractivity contribution < 1.29 is 9.53 Å². The van der Waals surface area contributed by atoms with Gasteiger partial charge in [-0.3, -0.25) is 4.79 Å². The lowest BCUT2D eigenvalue weighted by atomic mass is 10.1. The van der Waals surface area contributed by atoms with Gasteiger partial charge in [0.25, 0.3) is 0 Å². The summed E-state index contributed by atoms with van der Waals surface area (Å²) in [5.74, 6) is 5.89. The summed E-state index contributed by atoms with van der Waals surface area (Å²) >= 11 is 0. The number of rotatable bonds is 6. The highest BCUT2D eigenvalue weighted by Crippen LogP contribution is 2.03. The van der Waals surface area contributed by atoms with Gasteiger partial charge < -0.3 is 4.74 Å². The number of ether oxygens (including phenoxy) is 1. The van der Waals surface area contributed by atoms with E-state index in [9.17, 15) is 4.79 Å². The van der Waals surface area contributed by atoms with E-state index in [4.69, 9.17) is 0 Å². The second kappa shape index (κ2) is 10.3. The number of methoxy groups -OCH3 is 1. The fraction of sp³-hybridized carbons (Fsp3) is 0.643. The Balaban J connectivity index is 3.85. The molecule has 0 aliphatic rings. The van der Waals surface area contributed by atoms with E-state index in [0.717, 1.165) is 18.4 Å². The molecular weight excluding hydrogens is 200 g/mol. The van der Waals surface area contributed by atoms with Gasteiger partial charge in [-0.15, -0.1) is 0 Å². The fourth-order valence-electron chi connectivity index (χ4n) is 1.26. The third-order valence-corrected chi connectivity index (χ3v) is 2.32. The molecule has 0 amide bonds. The quantitative estimate of drug-likeness (QED) is 0.391. The van der Waals surface area contributed by atoms with Crippen LogP contribution in [0.5, 0.6) is 0 Å². The first-order valence-electron chi connectivity index (χ1n) is 5.95. The first-order chi connectivity index (χ1) is 7.74.